The molecular weight excluding hydrogens is 759 g/mol. The van der Waals surface area contributed by atoms with Gasteiger partial charge < -0.3 is 34.1 Å². The largest absolute Gasteiger partial charge is 0.488 e. The molecule has 0 radical (unpaired) electrons. The molecule has 3 amide bonds. The molecule has 14 heteroatoms. The van der Waals surface area contributed by atoms with Crippen molar-refractivity contribution >= 4 is 41.4 Å². The molecule has 318 valence electrons. The van der Waals surface area contributed by atoms with E-state index in [1.54, 1.807) is 30.9 Å². The van der Waals surface area contributed by atoms with Crippen molar-refractivity contribution in [2.75, 3.05) is 40.5 Å². The first-order chi connectivity index (χ1) is 28.2. The van der Waals surface area contributed by atoms with Gasteiger partial charge in [-0.25, -0.2) is 9.59 Å². The zero-order valence-corrected chi connectivity index (χ0v) is 35.0. The molecule has 2 aromatic rings. The number of nitrogens with zero attached hydrogens (tertiary/aromatic N) is 2. The van der Waals surface area contributed by atoms with E-state index in [0.29, 0.717) is 49.2 Å². The fourth-order valence-corrected chi connectivity index (χ4v) is 8.32. The van der Waals surface area contributed by atoms with Crippen LogP contribution in [0, 0.1) is 17.8 Å². The monoisotopic (exact) mass is 815 g/mol. The first-order valence-corrected chi connectivity index (χ1v) is 20.5. The molecule has 0 aromatic heterocycles. The Labute approximate surface area is 345 Å². The van der Waals surface area contributed by atoms with E-state index in [0.717, 1.165) is 47.9 Å². The highest BCUT2D eigenvalue weighted by Crippen LogP contribution is 2.36. The summed E-state index contributed by atoms with van der Waals surface area (Å²) in [5.74, 6) is -2.76. The lowest BCUT2D eigenvalue weighted by Crippen LogP contribution is -2.54. The van der Waals surface area contributed by atoms with Crippen molar-refractivity contribution < 1.29 is 52.5 Å². The maximum Gasteiger partial charge on any atom is 0.407 e. The second-order valence-corrected chi connectivity index (χ2v) is 16.1. The highest BCUT2D eigenvalue weighted by molar-refractivity contribution is 6.01. The van der Waals surface area contributed by atoms with Gasteiger partial charge in [0.2, 0.25) is 11.8 Å². The van der Waals surface area contributed by atoms with Crippen molar-refractivity contribution in [3.8, 4) is 11.1 Å². The van der Waals surface area contributed by atoms with Crippen LogP contribution in [0.3, 0.4) is 0 Å². The number of hydrogen-bond donors (Lipinski definition) is 1. The average molecular weight is 816 g/mol. The second kappa shape index (κ2) is 20.0. The number of amides is 3. The van der Waals surface area contributed by atoms with Crippen LogP contribution in [0.4, 0.5) is 4.79 Å². The molecule has 59 heavy (non-hydrogen) atoms. The molecule has 0 unspecified atom stereocenters. The highest BCUT2D eigenvalue weighted by atomic mass is 16.5. The van der Waals surface area contributed by atoms with E-state index in [2.05, 4.69) is 16.6 Å². The van der Waals surface area contributed by atoms with E-state index < -0.39 is 60.4 Å². The van der Waals surface area contributed by atoms with Gasteiger partial charge in [0.05, 0.1) is 32.6 Å². The molecule has 2 fully saturated rings. The van der Waals surface area contributed by atoms with Gasteiger partial charge in [0.1, 0.15) is 17.8 Å². The topological polar surface area (TPSA) is 175 Å². The summed E-state index contributed by atoms with van der Waals surface area (Å²) in [6, 6.07) is 8.61. The average Bonchev–Trinajstić information content (AvgIpc) is 4.04. The zero-order chi connectivity index (χ0) is 43.0. The predicted octanol–water partition coefficient (Wildman–Crippen LogP) is 5.48. The lowest BCUT2D eigenvalue weighted by molar-refractivity contribution is -0.153. The molecule has 2 aromatic carbocycles. The van der Waals surface area contributed by atoms with E-state index in [9.17, 15) is 33.6 Å². The number of esters is 2. The Kier molecular flexibility index (Phi) is 15.1. The van der Waals surface area contributed by atoms with Crippen molar-refractivity contribution in [1.82, 2.24) is 15.1 Å². The van der Waals surface area contributed by atoms with Crippen LogP contribution in [0.1, 0.15) is 98.1 Å². The standard InChI is InChI=1S/C45H57N3O11/c1-26(2)35(23-40(51)56-6)42(52)47-21-9-13-36(47)28(5)58-25-39(50)34-20-19-31(32-11-8-12-33(32)34)29-15-17-30(18-16-29)38(49)24-59-44(54)37-14-10-22-48(37)43(53)41(27(3)4)46-45(55)57-7/h15-20,26-27,35-37,41H,5,8-14,21-25H2,1-4,6-7H3,(H,46,55)/t35-,36-,37-,41-/m0/s1. The molecule has 2 saturated heterocycles. The van der Waals surface area contributed by atoms with Crippen LogP contribution in [0.25, 0.3) is 11.1 Å². The number of methoxy groups -OCH3 is 2. The van der Waals surface area contributed by atoms with Crippen LogP contribution in [-0.2, 0) is 51.0 Å². The van der Waals surface area contributed by atoms with Crippen molar-refractivity contribution in [2.45, 2.75) is 97.2 Å². The minimum atomic E-state index is -0.883. The molecule has 14 nitrogen and oxygen atoms in total. The van der Waals surface area contributed by atoms with Crippen molar-refractivity contribution in [2.24, 2.45) is 17.8 Å². The van der Waals surface area contributed by atoms with Gasteiger partial charge in [0.15, 0.2) is 24.8 Å². The van der Waals surface area contributed by atoms with Gasteiger partial charge >= 0.3 is 18.0 Å². The fourth-order valence-electron chi connectivity index (χ4n) is 8.32. The number of benzene rings is 2. The van der Waals surface area contributed by atoms with Gasteiger partial charge in [-0.05, 0) is 79.0 Å². The number of rotatable bonds is 17. The van der Waals surface area contributed by atoms with E-state index in [4.69, 9.17) is 14.2 Å². The first kappa shape index (κ1) is 44.6. The molecule has 0 spiro atoms. The maximum absolute atomic E-state index is 13.6. The maximum atomic E-state index is 13.6. The third-order valence-corrected chi connectivity index (χ3v) is 11.7. The number of alkyl carbamates (subject to hydrolysis) is 1. The summed E-state index contributed by atoms with van der Waals surface area (Å²) in [5, 5.41) is 2.54. The number of carbonyl (C=O) groups excluding carboxylic acids is 7. The van der Waals surface area contributed by atoms with Crippen LogP contribution >= 0.6 is 0 Å². The number of Topliss-reactive ketones (excluding diaryl/α,β-unsaturated/α-hetero) is 2. The van der Waals surface area contributed by atoms with Crippen LogP contribution in [0.5, 0.6) is 0 Å². The SMILES string of the molecule is C=C(OCC(=O)c1ccc(-c2ccc(C(=O)COC(=O)[C@@H]3CCCN3C(=O)[C@@H](NC(=O)OC)C(C)C)cc2)c2c1CCC2)[C@@H]1CCCN1C(=O)[C@@H](CC(=O)OC)C(C)C. The summed E-state index contributed by atoms with van der Waals surface area (Å²) in [4.78, 5) is 93.6. The molecule has 1 N–H and O–H groups in total. The Morgan fingerprint density at radius 2 is 1.36 bits per heavy atom. The second-order valence-electron chi connectivity index (χ2n) is 16.1. The van der Waals surface area contributed by atoms with Gasteiger partial charge in [-0.2, -0.15) is 0 Å². The molecule has 5 rings (SSSR count). The van der Waals surface area contributed by atoms with Gasteiger partial charge in [-0.1, -0.05) is 70.7 Å². The van der Waals surface area contributed by atoms with Crippen LogP contribution < -0.4 is 5.32 Å². The third-order valence-electron chi connectivity index (χ3n) is 11.7. The molecule has 0 saturated carbocycles. The Hall–Kier alpha value is -5.53. The number of ketones is 2. The first-order valence-electron chi connectivity index (χ1n) is 20.5. The molecule has 3 aliphatic rings. The number of hydrogen-bond acceptors (Lipinski definition) is 11. The normalized spacial score (nSPS) is 18.2. The van der Waals surface area contributed by atoms with Crippen LogP contribution in [-0.4, -0.2) is 110 Å². The molecule has 2 heterocycles. The summed E-state index contributed by atoms with van der Waals surface area (Å²) in [6.07, 6.45) is 4.03. The highest BCUT2D eigenvalue weighted by Gasteiger charge is 2.40. The van der Waals surface area contributed by atoms with Crippen LogP contribution in [0.2, 0.25) is 0 Å². The number of carbonyl (C=O) groups is 7. The Morgan fingerprint density at radius 3 is 1.98 bits per heavy atom. The minimum Gasteiger partial charge on any atom is -0.488 e. The lowest BCUT2D eigenvalue weighted by atomic mass is 9.90. The van der Waals surface area contributed by atoms with Crippen molar-refractivity contribution in [3.63, 3.8) is 0 Å². The fraction of sp³-hybridized carbons (Fsp3) is 0.533. The lowest BCUT2D eigenvalue weighted by Gasteiger charge is -2.31. The smallest absolute Gasteiger partial charge is 0.407 e. The summed E-state index contributed by atoms with van der Waals surface area (Å²) in [7, 11) is 2.52. The number of fused-ring (bicyclic) bond motifs is 1. The Balaban J connectivity index is 1.18. The van der Waals surface area contributed by atoms with E-state index in [1.807, 2.05) is 38.1 Å². The van der Waals surface area contributed by atoms with E-state index >= 15 is 0 Å². The van der Waals surface area contributed by atoms with Gasteiger partial charge in [-0.3, -0.25) is 24.0 Å². The van der Waals surface area contributed by atoms with Crippen molar-refractivity contribution in [3.05, 3.63) is 71.0 Å². The Morgan fingerprint density at radius 1 is 0.729 bits per heavy atom. The summed E-state index contributed by atoms with van der Waals surface area (Å²) < 4.78 is 20.9. The molecule has 1 aliphatic carbocycles. The molecule has 4 atom stereocenters. The predicted molar refractivity (Wildman–Crippen MR) is 217 cm³/mol. The quantitative estimate of drug-likeness (QED) is 0.0927. The summed E-state index contributed by atoms with van der Waals surface area (Å²) in [6.45, 7) is 11.6. The minimum absolute atomic E-state index is 0.00601. The van der Waals surface area contributed by atoms with Gasteiger partial charge in [0.25, 0.3) is 0 Å². The summed E-state index contributed by atoms with van der Waals surface area (Å²) >= 11 is 0. The molecule has 0 bridgehead atoms. The van der Waals surface area contributed by atoms with Crippen LogP contribution in [0.15, 0.2) is 48.7 Å². The van der Waals surface area contributed by atoms with E-state index in [1.165, 1.54) is 19.1 Å². The van der Waals surface area contributed by atoms with Gasteiger partial charge in [0, 0.05) is 24.2 Å². The number of ether oxygens (including phenoxy) is 4. The van der Waals surface area contributed by atoms with E-state index in [-0.39, 0.29) is 36.6 Å². The molecular formula is C45H57N3O11. The van der Waals surface area contributed by atoms with Gasteiger partial charge in [-0.15, -0.1) is 0 Å². The number of likely N-dealkylation sites (tertiary alicyclic amines) is 2. The molecule has 2 aliphatic heterocycles. The number of nitrogens with one attached hydrogen (secondary N) is 1. The zero-order valence-electron chi connectivity index (χ0n) is 35.0. The Bertz CT molecular complexity index is 1940. The van der Waals surface area contributed by atoms with Crippen molar-refractivity contribution in [1.29, 1.82) is 0 Å². The summed E-state index contributed by atoms with van der Waals surface area (Å²) in [5.41, 5.74) is 4.81. The third kappa shape index (κ3) is 10.4.